The molecule has 2 atom stereocenters. The lowest BCUT2D eigenvalue weighted by Crippen LogP contribution is -2.34. The Bertz CT molecular complexity index is 341. The average Bonchev–Trinajstić information content (AvgIpc) is 2.81. The zero-order chi connectivity index (χ0) is 9.47. The normalized spacial score (nSPS) is 29.1. The first-order valence-electron chi connectivity index (χ1n) is 4.22. The highest BCUT2D eigenvalue weighted by atomic mass is 35.5. The summed E-state index contributed by atoms with van der Waals surface area (Å²) in [5, 5.41) is 8.82. The third-order valence-corrected chi connectivity index (χ3v) is 2.60. The zero-order valence-corrected chi connectivity index (χ0v) is 8.33. The van der Waals surface area contributed by atoms with E-state index < -0.39 is 11.5 Å². The number of halogens is 1. The fourth-order valence-corrected chi connectivity index (χ4v) is 1.62. The van der Waals surface area contributed by atoms with Gasteiger partial charge in [-0.2, -0.15) is 0 Å². The van der Waals surface area contributed by atoms with Crippen molar-refractivity contribution >= 4 is 18.4 Å². The standard InChI is InChI=1S/C10H11NO2.ClH/c11-10(9(12)13)6-8(10)7-4-2-1-3-5-7;/h1-5,8H,6,11H2,(H,12,13);1H/t8?,10-;/m1./s1. The molecule has 1 saturated carbocycles. The van der Waals surface area contributed by atoms with Crippen LogP contribution in [0, 0.1) is 0 Å². The Morgan fingerprint density at radius 1 is 1.43 bits per heavy atom. The monoisotopic (exact) mass is 213 g/mol. The van der Waals surface area contributed by atoms with E-state index in [-0.39, 0.29) is 18.3 Å². The SMILES string of the molecule is Cl.N[C@]1(C(=O)O)CC1c1ccccc1. The van der Waals surface area contributed by atoms with Crippen molar-refractivity contribution in [2.45, 2.75) is 17.9 Å². The molecular formula is C10H12ClNO2. The van der Waals surface area contributed by atoms with E-state index in [4.69, 9.17) is 10.8 Å². The predicted octanol–water partition coefficient (Wildman–Crippen LogP) is 1.38. The smallest absolute Gasteiger partial charge is 0.324 e. The number of aliphatic carboxylic acids is 1. The third kappa shape index (κ3) is 1.61. The molecule has 1 fully saturated rings. The Morgan fingerprint density at radius 2 is 2.00 bits per heavy atom. The summed E-state index contributed by atoms with van der Waals surface area (Å²) >= 11 is 0. The van der Waals surface area contributed by atoms with Crippen LogP contribution in [-0.2, 0) is 4.79 Å². The summed E-state index contributed by atoms with van der Waals surface area (Å²) in [7, 11) is 0. The van der Waals surface area contributed by atoms with Crippen LogP contribution in [0.15, 0.2) is 30.3 Å². The van der Waals surface area contributed by atoms with Gasteiger partial charge in [-0.05, 0) is 12.0 Å². The van der Waals surface area contributed by atoms with Gasteiger partial charge in [0.2, 0.25) is 0 Å². The van der Waals surface area contributed by atoms with Gasteiger partial charge in [-0.1, -0.05) is 30.3 Å². The van der Waals surface area contributed by atoms with Crippen LogP contribution < -0.4 is 5.73 Å². The molecule has 0 bridgehead atoms. The zero-order valence-electron chi connectivity index (χ0n) is 7.51. The van der Waals surface area contributed by atoms with E-state index >= 15 is 0 Å². The van der Waals surface area contributed by atoms with E-state index in [1.807, 2.05) is 30.3 Å². The van der Waals surface area contributed by atoms with Crippen molar-refractivity contribution in [3.63, 3.8) is 0 Å². The largest absolute Gasteiger partial charge is 0.480 e. The average molecular weight is 214 g/mol. The minimum atomic E-state index is -1.01. The van der Waals surface area contributed by atoms with Gasteiger partial charge in [0.25, 0.3) is 0 Å². The molecule has 1 aliphatic rings. The fourth-order valence-electron chi connectivity index (χ4n) is 1.62. The Kier molecular flexibility index (Phi) is 2.83. The molecule has 0 spiro atoms. The maximum Gasteiger partial charge on any atom is 0.324 e. The molecule has 0 aliphatic heterocycles. The van der Waals surface area contributed by atoms with Crippen LogP contribution in [0.2, 0.25) is 0 Å². The van der Waals surface area contributed by atoms with E-state index in [9.17, 15) is 4.79 Å². The van der Waals surface area contributed by atoms with Gasteiger partial charge in [0.1, 0.15) is 5.54 Å². The summed E-state index contributed by atoms with van der Waals surface area (Å²) in [6.07, 6.45) is 0.548. The van der Waals surface area contributed by atoms with Gasteiger partial charge < -0.3 is 10.8 Å². The van der Waals surface area contributed by atoms with Crippen LogP contribution in [0.1, 0.15) is 17.9 Å². The van der Waals surface area contributed by atoms with Gasteiger partial charge in [-0.3, -0.25) is 4.79 Å². The quantitative estimate of drug-likeness (QED) is 0.780. The van der Waals surface area contributed by atoms with Crippen molar-refractivity contribution in [1.29, 1.82) is 0 Å². The second-order valence-electron chi connectivity index (χ2n) is 3.51. The molecule has 1 aromatic rings. The Morgan fingerprint density at radius 3 is 2.43 bits per heavy atom. The predicted molar refractivity (Wildman–Crippen MR) is 55.6 cm³/mol. The highest BCUT2D eigenvalue weighted by Gasteiger charge is 2.58. The summed E-state index contributed by atoms with van der Waals surface area (Å²) in [6.45, 7) is 0. The van der Waals surface area contributed by atoms with Gasteiger partial charge in [-0.25, -0.2) is 0 Å². The van der Waals surface area contributed by atoms with Gasteiger partial charge in [0.15, 0.2) is 0 Å². The highest BCUT2D eigenvalue weighted by Crippen LogP contribution is 2.49. The first kappa shape index (κ1) is 11.0. The Labute approximate surface area is 88.3 Å². The number of benzene rings is 1. The van der Waals surface area contributed by atoms with Crippen LogP contribution in [-0.4, -0.2) is 16.6 Å². The van der Waals surface area contributed by atoms with Crippen LogP contribution in [0.25, 0.3) is 0 Å². The van der Waals surface area contributed by atoms with Gasteiger partial charge in [0, 0.05) is 5.92 Å². The van der Waals surface area contributed by atoms with Crippen LogP contribution in [0.3, 0.4) is 0 Å². The maximum absolute atomic E-state index is 10.7. The minimum Gasteiger partial charge on any atom is -0.480 e. The number of hydrogen-bond acceptors (Lipinski definition) is 2. The molecule has 1 aromatic carbocycles. The van der Waals surface area contributed by atoms with Crippen molar-refractivity contribution in [1.82, 2.24) is 0 Å². The molecule has 4 heteroatoms. The molecule has 76 valence electrons. The van der Waals surface area contributed by atoms with E-state index in [1.165, 1.54) is 0 Å². The number of carboxylic acids is 1. The summed E-state index contributed by atoms with van der Waals surface area (Å²) in [5.41, 5.74) is 5.67. The Balaban J connectivity index is 0.000000980. The number of carboxylic acid groups (broad SMARTS) is 1. The van der Waals surface area contributed by atoms with E-state index in [2.05, 4.69) is 0 Å². The molecule has 2 rings (SSSR count). The summed E-state index contributed by atoms with van der Waals surface area (Å²) < 4.78 is 0. The topological polar surface area (TPSA) is 63.3 Å². The lowest BCUT2D eigenvalue weighted by molar-refractivity contribution is -0.139. The molecule has 0 saturated heterocycles. The summed E-state index contributed by atoms with van der Waals surface area (Å²) in [6, 6.07) is 9.54. The molecule has 0 aromatic heterocycles. The molecule has 3 N–H and O–H groups in total. The lowest BCUT2D eigenvalue weighted by Gasteiger charge is -2.04. The molecule has 0 amide bonds. The lowest BCUT2D eigenvalue weighted by atomic mass is 10.1. The number of carbonyl (C=O) groups is 1. The van der Waals surface area contributed by atoms with Crippen molar-refractivity contribution in [2.75, 3.05) is 0 Å². The summed E-state index contributed by atoms with van der Waals surface area (Å²) in [5.74, 6) is -0.910. The van der Waals surface area contributed by atoms with E-state index in [1.54, 1.807) is 0 Å². The highest BCUT2D eigenvalue weighted by molar-refractivity contribution is 5.85. The van der Waals surface area contributed by atoms with Crippen molar-refractivity contribution in [3.05, 3.63) is 35.9 Å². The minimum absolute atomic E-state index is 0. The molecule has 1 aliphatic carbocycles. The molecular weight excluding hydrogens is 202 g/mol. The number of nitrogens with two attached hydrogens (primary N) is 1. The van der Waals surface area contributed by atoms with Crippen LogP contribution in [0.5, 0.6) is 0 Å². The maximum atomic E-state index is 10.7. The van der Waals surface area contributed by atoms with Gasteiger partial charge in [0.05, 0.1) is 0 Å². The molecule has 1 unspecified atom stereocenters. The van der Waals surface area contributed by atoms with Gasteiger partial charge in [-0.15, -0.1) is 12.4 Å². The molecule has 14 heavy (non-hydrogen) atoms. The summed E-state index contributed by atoms with van der Waals surface area (Å²) in [4.78, 5) is 10.7. The Hall–Kier alpha value is -1.06. The third-order valence-electron chi connectivity index (χ3n) is 2.60. The van der Waals surface area contributed by atoms with E-state index in [0.717, 1.165) is 5.56 Å². The molecule has 0 radical (unpaired) electrons. The molecule has 3 nitrogen and oxygen atoms in total. The van der Waals surface area contributed by atoms with Crippen molar-refractivity contribution < 1.29 is 9.90 Å². The van der Waals surface area contributed by atoms with Gasteiger partial charge >= 0.3 is 5.97 Å². The van der Waals surface area contributed by atoms with E-state index in [0.29, 0.717) is 6.42 Å². The number of hydrogen-bond donors (Lipinski definition) is 2. The van der Waals surface area contributed by atoms with Crippen molar-refractivity contribution in [3.8, 4) is 0 Å². The van der Waals surface area contributed by atoms with Crippen LogP contribution in [0.4, 0.5) is 0 Å². The fraction of sp³-hybridized carbons (Fsp3) is 0.300. The number of rotatable bonds is 2. The first-order chi connectivity index (χ1) is 6.14. The van der Waals surface area contributed by atoms with Crippen molar-refractivity contribution in [2.24, 2.45) is 5.73 Å². The first-order valence-corrected chi connectivity index (χ1v) is 4.22. The van der Waals surface area contributed by atoms with Crippen LogP contribution >= 0.6 is 12.4 Å². The second kappa shape index (κ2) is 3.59. The molecule has 0 heterocycles. The second-order valence-corrected chi connectivity index (χ2v) is 3.51.